The standard InChI is InChI=1S/C14H20N4O2/c15-12-4-3-5-13(14(12)18(19)20)17-9-6-11(10-17)16-7-1-2-8-16/h3-5,11H,1-2,6-10,15H2. The number of benzene rings is 1. The number of hydrogen-bond acceptors (Lipinski definition) is 5. The second-order valence-electron chi connectivity index (χ2n) is 5.60. The van der Waals surface area contributed by atoms with Crippen molar-refractivity contribution < 1.29 is 4.92 Å². The molecule has 2 saturated heterocycles. The molecular formula is C14H20N4O2. The van der Waals surface area contributed by atoms with Crippen LogP contribution >= 0.6 is 0 Å². The Morgan fingerprint density at radius 1 is 1.25 bits per heavy atom. The van der Waals surface area contributed by atoms with Gasteiger partial charge in [0, 0.05) is 19.1 Å². The first-order chi connectivity index (χ1) is 9.66. The number of nitrogen functional groups attached to an aromatic ring is 1. The molecule has 6 nitrogen and oxygen atoms in total. The summed E-state index contributed by atoms with van der Waals surface area (Å²) in [5, 5.41) is 11.2. The second-order valence-corrected chi connectivity index (χ2v) is 5.60. The predicted octanol–water partition coefficient (Wildman–Crippen LogP) is 1.85. The number of rotatable bonds is 3. The lowest BCUT2D eigenvalue weighted by Crippen LogP contribution is -2.35. The zero-order valence-corrected chi connectivity index (χ0v) is 11.5. The van der Waals surface area contributed by atoms with Crippen molar-refractivity contribution >= 4 is 17.1 Å². The van der Waals surface area contributed by atoms with Crippen LogP contribution in [0, 0.1) is 10.1 Å². The molecule has 0 amide bonds. The van der Waals surface area contributed by atoms with Gasteiger partial charge in [-0.1, -0.05) is 6.07 Å². The third-order valence-corrected chi connectivity index (χ3v) is 4.39. The van der Waals surface area contributed by atoms with E-state index in [-0.39, 0.29) is 16.3 Å². The van der Waals surface area contributed by atoms with Crippen LogP contribution in [0.25, 0.3) is 0 Å². The highest BCUT2D eigenvalue weighted by molar-refractivity contribution is 5.75. The minimum Gasteiger partial charge on any atom is -0.393 e. The Balaban J connectivity index is 1.80. The molecule has 2 aliphatic rings. The van der Waals surface area contributed by atoms with Crippen LogP contribution in [0.3, 0.4) is 0 Å². The van der Waals surface area contributed by atoms with Gasteiger partial charge in [-0.3, -0.25) is 15.0 Å². The maximum absolute atomic E-state index is 11.2. The molecule has 0 bridgehead atoms. The average molecular weight is 276 g/mol. The molecule has 3 rings (SSSR count). The first kappa shape index (κ1) is 13.2. The average Bonchev–Trinajstić information content (AvgIpc) is 3.09. The van der Waals surface area contributed by atoms with E-state index in [9.17, 15) is 10.1 Å². The Morgan fingerprint density at radius 3 is 2.70 bits per heavy atom. The van der Waals surface area contributed by atoms with Gasteiger partial charge in [0.25, 0.3) is 0 Å². The molecule has 0 radical (unpaired) electrons. The van der Waals surface area contributed by atoms with E-state index in [0.29, 0.717) is 11.7 Å². The van der Waals surface area contributed by atoms with Crippen LogP contribution in [0.4, 0.5) is 17.1 Å². The molecule has 2 fully saturated rings. The number of para-hydroxylation sites is 1. The molecule has 0 aromatic heterocycles. The van der Waals surface area contributed by atoms with E-state index in [2.05, 4.69) is 9.80 Å². The summed E-state index contributed by atoms with van der Waals surface area (Å²) >= 11 is 0. The largest absolute Gasteiger partial charge is 0.393 e. The van der Waals surface area contributed by atoms with Crippen molar-refractivity contribution in [1.29, 1.82) is 0 Å². The number of likely N-dealkylation sites (tertiary alicyclic amines) is 1. The highest BCUT2D eigenvalue weighted by Crippen LogP contribution is 2.36. The van der Waals surface area contributed by atoms with Gasteiger partial charge in [-0.2, -0.15) is 0 Å². The molecule has 2 N–H and O–H groups in total. The maximum atomic E-state index is 11.2. The topological polar surface area (TPSA) is 75.6 Å². The number of anilines is 2. The van der Waals surface area contributed by atoms with Gasteiger partial charge in [-0.25, -0.2) is 0 Å². The van der Waals surface area contributed by atoms with E-state index >= 15 is 0 Å². The molecule has 1 atom stereocenters. The normalized spacial score (nSPS) is 23.4. The number of nitro groups is 1. The summed E-state index contributed by atoms with van der Waals surface area (Å²) in [4.78, 5) is 15.5. The third kappa shape index (κ3) is 2.31. The van der Waals surface area contributed by atoms with Crippen molar-refractivity contribution in [1.82, 2.24) is 4.90 Å². The highest BCUT2D eigenvalue weighted by atomic mass is 16.6. The molecule has 6 heteroatoms. The molecule has 1 unspecified atom stereocenters. The lowest BCUT2D eigenvalue weighted by atomic mass is 10.2. The molecule has 20 heavy (non-hydrogen) atoms. The first-order valence-corrected chi connectivity index (χ1v) is 7.18. The lowest BCUT2D eigenvalue weighted by molar-refractivity contribution is -0.383. The number of nitro benzene ring substituents is 1. The van der Waals surface area contributed by atoms with Gasteiger partial charge in [0.15, 0.2) is 0 Å². The molecule has 0 aliphatic carbocycles. The fourth-order valence-corrected chi connectivity index (χ4v) is 3.37. The summed E-state index contributed by atoms with van der Waals surface area (Å²) in [6.07, 6.45) is 3.62. The summed E-state index contributed by atoms with van der Waals surface area (Å²) in [5.41, 5.74) is 6.73. The van der Waals surface area contributed by atoms with Gasteiger partial charge in [-0.05, 0) is 44.5 Å². The van der Waals surface area contributed by atoms with Crippen LogP contribution in [0.15, 0.2) is 18.2 Å². The first-order valence-electron chi connectivity index (χ1n) is 7.18. The smallest absolute Gasteiger partial charge is 0.315 e. The minimum atomic E-state index is -0.367. The van der Waals surface area contributed by atoms with Gasteiger partial charge < -0.3 is 10.6 Å². The Morgan fingerprint density at radius 2 is 2.00 bits per heavy atom. The van der Waals surface area contributed by atoms with Crippen molar-refractivity contribution in [3.63, 3.8) is 0 Å². The number of nitrogens with two attached hydrogens (primary N) is 1. The predicted molar refractivity (Wildman–Crippen MR) is 78.9 cm³/mol. The number of hydrogen-bond donors (Lipinski definition) is 1. The van der Waals surface area contributed by atoms with Crippen LogP contribution in [-0.2, 0) is 0 Å². The van der Waals surface area contributed by atoms with Crippen molar-refractivity contribution in [2.75, 3.05) is 36.8 Å². The van der Waals surface area contributed by atoms with Gasteiger partial charge >= 0.3 is 5.69 Å². The van der Waals surface area contributed by atoms with Gasteiger partial charge in [0.2, 0.25) is 0 Å². The molecule has 1 aromatic carbocycles. The number of nitrogens with zero attached hydrogens (tertiary/aromatic N) is 3. The quantitative estimate of drug-likeness (QED) is 0.518. The van der Waals surface area contributed by atoms with Gasteiger partial charge in [0.05, 0.1) is 4.92 Å². The molecule has 0 spiro atoms. The van der Waals surface area contributed by atoms with E-state index in [4.69, 9.17) is 5.73 Å². The molecule has 108 valence electrons. The summed E-state index contributed by atoms with van der Waals surface area (Å²) < 4.78 is 0. The van der Waals surface area contributed by atoms with E-state index in [1.165, 1.54) is 12.8 Å². The summed E-state index contributed by atoms with van der Waals surface area (Å²) in [5.74, 6) is 0. The lowest BCUT2D eigenvalue weighted by Gasteiger charge is -2.24. The maximum Gasteiger partial charge on any atom is 0.315 e. The minimum absolute atomic E-state index is 0.0505. The fourth-order valence-electron chi connectivity index (χ4n) is 3.37. The second kappa shape index (κ2) is 5.28. The summed E-state index contributed by atoms with van der Waals surface area (Å²) in [6.45, 7) is 4.06. The SMILES string of the molecule is Nc1cccc(N2CCC(N3CCCC3)C2)c1[N+](=O)[O-]. The fraction of sp³-hybridized carbons (Fsp3) is 0.571. The molecular weight excluding hydrogens is 256 g/mol. The zero-order valence-electron chi connectivity index (χ0n) is 11.5. The van der Waals surface area contributed by atoms with Crippen molar-refractivity contribution in [2.45, 2.75) is 25.3 Å². The van der Waals surface area contributed by atoms with E-state index in [0.717, 1.165) is 32.6 Å². The molecule has 1 aromatic rings. The monoisotopic (exact) mass is 276 g/mol. The zero-order chi connectivity index (χ0) is 14.1. The Kier molecular flexibility index (Phi) is 3.48. The highest BCUT2D eigenvalue weighted by Gasteiger charge is 2.32. The summed E-state index contributed by atoms with van der Waals surface area (Å²) in [6, 6.07) is 5.72. The Labute approximate surface area is 118 Å². The van der Waals surface area contributed by atoms with E-state index < -0.39 is 0 Å². The van der Waals surface area contributed by atoms with E-state index in [1.807, 2.05) is 0 Å². The van der Waals surface area contributed by atoms with Crippen LogP contribution in [0.5, 0.6) is 0 Å². The molecule has 2 aliphatic heterocycles. The summed E-state index contributed by atoms with van der Waals surface area (Å²) in [7, 11) is 0. The Bertz CT molecular complexity index is 514. The van der Waals surface area contributed by atoms with Crippen molar-refractivity contribution in [3.8, 4) is 0 Å². The van der Waals surface area contributed by atoms with Crippen LogP contribution < -0.4 is 10.6 Å². The van der Waals surface area contributed by atoms with Crippen molar-refractivity contribution in [2.24, 2.45) is 0 Å². The van der Waals surface area contributed by atoms with Crippen LogP contribution in [0.2, 0.25) is 0 Å². The van der Waals surface area contributed by atoms with Crippen LogP contribution in [-0.4, -0.2) is 42.0 Å². The third-order valence-electron chi connectivity index (χ3n) is 4.39. The van der Waals surface area contributed by atoms with Crippen LogP contribution in [0.1, 0.15) is 19.3 Å². The Hall–Kier alpha value is -1.82. The molecule has 0 saturated carbocycles. The van der Waals surface area contributed by atoms with Gasteiger partial charge in [0.1, 0.15) is 11.4 Å². The van der Waals surface area contributed by atoms with E-state index in [1.54, 1.807) is 18.2 Å². The van der Waals surface area contributed by atoms with Crippen molar-refractivity contribution in [3.05, 3.63) is 28.3 Å². The molecule has 2 heterocycles. The van der Waals surface area contributed by atoms with Gasteiger partial charge in [-0.15, -0.1) is 0 Å².